The molecule has 1 N–H and O–H groups in total. The first-order chi connectivity index (χ1) is 10.8. The molecule has 1 saturated carbocycles. The molecule has 1 aliphatic carbocycles. The van der Waals surface area contributed by atoms with Gasteiger partial charge in [0.15, 0.2) is 6.10 Å². The topological polar surface area (TPSA) is 38.3 Å². The maximum absolute atomic E-state index is 12.1. The predicted molar refractivity (Wildman–Crippen MR) is 81.4 cm³/mol. The van der Waals surface area contributed by atoms with Crippen LogP contribution in [0.4, 0.5) is 13.2 Å². The molecule has 1 atom stereocenters. The van der Waals surface area contributed by atoms with Crippen molar-refractivity contribution in [3.8, 4) is 5.75 Å². The lowest BCUT2D eigenvalue weighted by Gasteiger charge is -2.22. The molecule has 128 valence electrons. The van der Waals surface area contributed by atoms with Crippen LogP contribution < -0.4 is 10.1 Å². The van der Waals surface area contributed by atoms with E-state index in [-0.39, 0.29) is 0 Å². The fraction of sp³-hybridized carbons (Fsp3) is 0.588. The van der Waals surface area contributed by atoms with E-state index in [1.54, 1.807) is 12.1 Å². The fourth-order valence-electron chi connectivity index (χ4n) is 2.84. The third-order valence-corrected chi connectivity index (χ3v) is 4.10. The van der Waals surface area contributed by atoms with E-state index in [0.29, 0.717) is 11.7 Å². The van der Waals surface area contributed by atoms with Gasteiger partial charge >= 0.3 is 6.18 Å². The molecule has 0 aliphatic heterocycles. The second-order valence-corrected chi connectivity index (χ2v) is 6.00. The molecule has 1 amide bonds. The number of halogens is 3. The van der Waals surface area contributed by atoms with Crippen molar-refractivity contribution < 1.29 is 22.7 Å². The minimum absolute atomic E-state index is 0.485. The lowest BCUT2D eigenvalue weighted by atomic mass is 9.84. The Morgan fingerprint density at radius 1 is 1.22 bits per heavy atom. The Morgan fingerprint density at radius 2 is 1.83 bits per heavy atom. The van der Waals surface area contributed by atoms with Crippen LogP contribution in [0, 0.1) is 0 Å². The van der Waals surface area contributed by atoms with E-state index in [1.165, 1.54) is 44.6 Å². The molecule has 0 bridgehead atoms. The van der Waals surface area contributed by atoms with Gasteiger partial charge in [-0.25, -0.2) is 0 Å². The number of hydrogen-bond acceptors (Lipinski definition) is 2. The first kappa shape index (κ1) is 17.6. The largest absolute Gasteiger partial charge is 0.481 e. The number of ether oxygens (including phenoxy) is 1. The molecule has 1 fully saturated rings. The van der Waals surface area contributed by atoms with E-state index in [2.05, 4.69) is 0 Å². The second kappa shape index (κ2) is 7.70. The van der Waals surface area contributed by atoms with E-state index in [1.807, 2.05) is 17.4 Å². The van der Waals surface area contributed by atoms with Crippen molar-refractivity contribution in [1.29, 1.82) is 0 Å². The monoisotopic (exact) mass is 329 g/mol. The Kier molecular flexibility index (Phi) is 5.91. The minimum atomic E-state index is -4.42. The van der Waals surface area contributed by atoms with Crippen molar-refractivity contribution in [2.75, 3.05) is 6.54 Å². The molecular formula is C17H22F3NO2. The van der Waals surface area contributed by atoms with E-state index < -0.39 is 24.7 Å². The summed E-state index contributed by atoms with van der Waals surface area (Å²) in [4.78, 5) is 11.6. The molecule has 1 aromatic carbocycles. The Morgan fingerprint density at radius 3 is 2.39 bits per heavy atom. The molecule has 0 heterocycles. The first-order valence-corrected chi connectivity index (χ1v) is 7.96. The zero-order valence-electron chi connectivity index (χ0n) is 13.2. The summed E-state index contributed by atoms with van der Waals surface area (Å²) in [6, 6.07) is 7.51. The first-order valence-electron chi connectivity index (χ1n) is 7.96. The zero-order valence-corrected chi connectivity index (χ0v) is 13.2. The van der Waals surface area contributed by atoms with Gasteiger partial charge in [-0.3, -0.25) is 4.79 Å². The Hall–Kier alpha value is -1.72. The molecule has 23 heavy (non-hydrogen) atoms. The number of amides is 1. The van der Waals surface area contributed by atoms with E-state index in [4.69, 9.17) is 4.74 Å². The van der Waals surface area contributed by atoms with Crippen LogP contribution in [0.5, 0.6) is 5.75 Å². The number of nitrogens with one attached hydrogen (secondary N) is 1. The molecule has 3 nitrogen and oxygen atoms in total. The van der Waals surface area contributed by atoms with Crippen molar-refractivity contribution in [3.63, 3.8) is 0 Å². The van der Waals surface area contributed by atoms with E-state index in [9.17, 15) is 18.0 Å². The minimum Gasteiger partial charge on any atom is -0.481 e. The smallest absolute Gasteiger partial charge is 0.405 e. The lowest BCUT2D eigenvalue weighted by Crippen LogP contribution is -2.41. The third kappa shape index (κ3) is 5.77. The molecular weight excluding hydrogens is 307 g/mol. The number of carbonyl (C=O) groups is 1. The third-order valence-electron chi connectivity index (χ3n) is 4.10. The van der Waals surface area contributed by atoms with Crippen molar-refractivity contribution >= 4 is 5.91 Å². The fourth-order valence-corrected chi connectivity index (χ4v) is 2.84. The van der Waals surface area contributed by atoms with E-state index in [0.717, 1.165) is 0 Å². The van der Waals surface area contributed by atoms with Crippen LogP contribution in [0.25, 0.3) is 0 Å². The predicted octanol–water partition coefficient (Wildman–Crippen LogP) is 4.18. The number of benzene rings is 1. The van der Waals surface area contributed by atoms with Crippen LogP contribution in [0.1, 0.15) is 50.5 Å². The van der Waals surface area contributed by atoms with Gasteiger partial charge in [-0.2, -0.15) is 13.2 Å². The van der Waals surface area contributed by atoms with Crippen LogP contribution in [0.15, 0.2) is 24.3 Å². The van der Waals surface area contributed by atoms with Crippen LogP contribution in [-0.4, -0.2) is 24.7 Å². The molecule has 0 spiro atoms. The summed E-state index contributed by atoms with van der Waals surface area (Å²) in [5.74, 6) is 0.281. The molecule has 1 aliphatic rings. The average Bonchev–Trinajstić information content (AvgIpc) is 2.53. The second-order valence-electron chi connectivity index (χ2n) is 6.00. The van der Waals surface area contributed by atoms with Crippen LogP contribution >= 0.6 is 0 Å². The Labute approximate surface area is 134 Å². The summed E-state index contributed by atoms with van der Waals surface area (Å²) < 4.78 is 41.6. The zero-order chi connectivity index (χ0) is 16.9. The van der Waals surface area contributed by atoms with Crippen molar-refractivity contribution in [2.24, 2.45) is 0 Å². The highest BCUT2D eigenvalue weighted by atomic mass is 19.4. The molecule has 0 aromatic heterocycles. The van der Waals surface area contributed by atoms with Gasteiger partial charge in [0.05, 0.1) is 0 Å². The summed E-state index contributed by atoms with van der Waals surface area (Å²) in [6.45, 7) is 0.0842. The highest BCUT2D eigenvalue weighted by molar-refractivity contribution is 5.80. The molecule has 0 saturated heterocycles. The molecule has 2 rings (SSSR count). The summed E-state index contributed by atoms with van der Waals surface area (Å²) in [5, 5.41) is 1.82. The number of hydrogen-bond donors (Lipinski definition) is 1. The number of alkyl halides is 3. The molecule has 0 unspecified atom stereocenters. The van der Waals surface area contributed by atoms with Gasteiger partial charge in [-0.05, 0) is 43.4 Å². The van der Waals surface area contributed by atoms with Gasteiger partial charge in [0.2, 0.25) is 0 Å². The summed E-state index contributed by atoms with van der Waals surface area (Å²) in [6.07, 6.45) is 0.781. The Bertz CT molecular complexity index is 508. The maximum Gasteiger partial charge on any atom is 0.405 e. The van der Waals surface area contributed by atoms with Crippen LogP contribution in [-0.2, 0) is 4.79 Å². The van der Waals surface area contributed by atoms with Crippen LogP contribution in [0.3, 0.4) is 0 Å². The highest BCUT2D eigenvalue weighted by Gasteiger charge is 2.29. The maximum atomic E-state index is 12.1. The number of rotatable bonds is 5. The summed E-state index contributed by atoms with van der Waals surface area (Å²) in [7, 11) is 0. The van der Waals surface area contributed by atoms with Gasteiger partial charge in [0.25, 0.3) is 5.91 Å². The average molecular weight is 329 g/mol. The van der Waals surface area contributed by atoms with Gasteiger partial charge in [-0.15, -0.1) is 0 Å². The van der Waals surface area contributed by atoms with Gasteiger partial charge < -0.3 is 10.1 Å². The van der Waals surface area contributed by atoms with Gasteiger partial charge in [-0.1, -0.05) is 31.4 Å². The van der Waals surface area contributed by atoms with E-state index >= 15 is 0 Å². The summed E-state index contributed by atoms with van der Waals surface area (Å²) >= 11 is 0. The van der Waals surface area contributed by atoms with Crippen molar-refractivity contribution in [2.45, 2.75) is 57.2 Å². The van der Waals surface area contributed by atoms with Crippen molar-refractivity contribution in [1.82, 2.24) is 5.32 Å². The van der Waals surface area contributed by atoms with Crippen LogP contribution in [0.2, 0.25) is 0 Å². The SMILES string of the molecule is C[C@@H](Oc1ccc(C2CCCCC2)cc1)C(=O)NCC(F)(F)F. The highest BCUT2D eigenvalue weighted by Crippen LogP contribution is 2.33. The quantitative estimate of drug-likeness (QED) is 0.880. The molecule has 0 radical (unpaired) electrons. The van der Waals surface area contributed by atoms with Crippen molar-refractivity contribution in [3.05, 3.63) is 29.8 Å². The van der Waals surface area contributed by atoms with Gasteiger partial charge in [0.1, 0.15) is 12.3 Å². The summed E-state index contributed by atoms with van der Waals surface area (Å²) in [5.41, 5.74) is 1.26. The Balaban J connectivity index is 1.86. The standard InChI is InChI=1S/C17H22F3NO2/c1-12(16(22)21-11-17(18,19)20)23-15-9-7-14(8-10-15)13-5-3-2-4-6-13/h7-10,12-13H,2-6,11H2,1H3,(H,21,22)/t12-/m1/s1. The molecule has 6 heteroatoms. The lowest BCUT2D eigenvalue weighted by molar-refractivity contribution is -0.142. The molecule has 1 aromatic rings. The van der Waals surface area contributed by atoms with Gasteiger partial charge in [0, 0.05) is 0 Å². The number of carbonyl (C=O) groups excluding carboxylic acids is 1. The normalized spacial score (nSPS) is 17.6.